The van der Waals surface area contributed by atoms with Crippen molar-refractivity contribution in [3.05, 3.63) is 35.4 Å². The molecule has 1 aromatic rings. The van der Waals surface area contributed by atoms with Gasteiger partial charge in [0.2, 0.25) is 0 Å². The molecule has 1 N–H and O–H groups in total. The first kappa shape index (κ1) is 11.1. The van der Waals surface area contributed by atoms with E-state index in [2.05, 4.69) is 36.5 Å². The lowest BCUT2D eigenvalue weighted by atomic mass is 9.88. The molecule has 3 heteroatoms. The second-order valence-corrected chi connectivity index (χ2v) is 4.31. The summed E-state index contributed by atoms with van der Waals surface area (Å²) in [5.41, 5.74) is 2.45. The Balaban J connectivity index is 2.19. The first-order chi connectivity index (χ1) is 7.72. The van der Waals surface area contributed by atoms with E-state index < -0.39 is 0 Å². The monoisotopic (exact) mass is 219 g/mol. The molecular weight excluding hydrogens is 202 g/mol. The minimum Gasteiger partial charge on any atom is -0.469 e. The molecule has 1 aromatic carbocycles. The third kappa shape index (κ3) is 2.09. The van der Waals surface area contributed by atoms with E-state index in [1.165, 1.54) is 18.2 Å². The van der Waals surface area contributed by atoms with Crippen molar-refractivity contribution in [2.45, 2.75) is 12.8 Å². The molecule has 16 heavy (non-hydrogen) atoms. The molecule has 0 unspecified atom stereocenters. The van der Waals surface area contributed by atoms with E-state index in [0.717, 1.165) is 6.54 Å². The van der Waals surface area contributed by atoms with Gasteiger partial charge in [-0.2, -0.15) is 0 Å². The normalized spacial score (nSPS) is 24.4. The number of carbonyl (C=O) groups excluding carboxylic acids is 1. The van der Waals surface area contributed by atoms with Crippen LogP contribution in [0, 0.1) is 12.8 Å². The summed E-state index contributed by atoms with van der Waals surface area (Å²) >= 11 is 0. The van der Waals surface area contributed by atoms with E-state index in [1.54, 1.807) is 0 Å². The van der Waals surface area contributed by atoms with Crippen LogP contribution in [0.4, 0.5) is 0 Å². The molecule has 1 aliphatic heterocycles. The van der Waals surface area contributed by atoms with Crippen LogP contribution in [0.3, 0.4) is 0 Å². The maximum atomic E-state index is 11.6. The molecule has 86 valence electrons. The summed E-state index contributed by atoms with van der Waals surface area (Å²) in [6, 6.07) is 8.37. The van der Waals surface area contributed by atoms with Crippen LogP contribution in [0.2, 0.25) is 0 Å². The summed E-state index contributed by atoms with van der Waals surface area (Å²) in [5, 5.41) is 3.25. The number of methoxy groups -OCH3 is 1. The Morgan fingerprint density at radius 3 is 2.62 bits per heavy atom. The van der Waals surface area contributed by atoms with Crippen molar-refractivity contribution < 1.29 is 9.53 Å². The minimum absolute atomic E-state index is 0.0484. The minimum atomic E-state index is -0.115. The van der Waals surface area contributed by atoms with Gasteiger partial charge in [-0.3, -0.25) is 4.79 Å². The van der Waals surface area contributed by atoms with Gasteiger partial charge in [0.05, 0.1) is 13.0 Å². The topological polar surface area (TPSA) is 38.3 Å². The molecular formula is C13H17NO2. The van der Waals surface area contributed by atoms with Crippen molar-refractivity contribution in [2.75, 3.05) is 20.2 Å². The third-order valence-corrected chi connectivity index (χ3v) is 3.22. The first-order valence-corrected chi connectivity index (χ1v) is 5.57. The molecule has 2 atom stereocenters. The maximum Gasteiger partial charge on any atom is 0.310 e. The second kappa shape index (κ2) is 4.66. The van der Waals surface area contributed by atoms with Crippen LogP contribution < -0.4 is 5.32 Å². The van der Waals surface area contributed by atoms with Crippen LogP contribution >= 0.6 is 0 Å². The fourth-order valence-corrected chi connectivity index (χ4v) is 2.24. The Labute approximate surface area is 95.8 Å². The Bertz CT molecular complexity index is 372. The lowest BCUT2D eigenvalue weighted by Gasteiger charge is -2.16. The Morgan fingerprint density at radius 2 is 2.00 bits per heavy atom. The SMILES string of the molecule is COC(=O)[C@@H]1CNC[C@H]1c1ccc(C)cc1. The number of nitrogens with one attached hydrogen (secondary N) is 1. The van der Waals surface area contributed by atoms with Gasteiger partial charge in [-0.15, -0.1) is 0 Å². The lowest BCUT2D eigenvalue weighted by Crippen LogP contribution is -2.22. The zero-order valence-electron chi connectivity index (χ0n) is 9.69. The number of benzene rings is 1. The van der Waals surface area contributed by atoms with Gasteiger partial charge < -0.3 is 10.1 Å². The van der Waals surface area contributed by atoms with Crippen LogP contribution in [0.5, 0.6) is 0 Å². The van der Waals surface area contributed by atoms with Crippen molar-refractivity contribution in [3.63, 3.8) is 0 Å². The highest BCUT2D eigenvalue weighted by atomic mass is 16.5. The standard InChI is InChI=1S/C13H17NO2/c1-9-3-5-10(6-4-9)11-7-14-8-12(11)13(15)16-2/h3-6,11-12,14H,7-8H2,1-2H3/t11-,12+/m0/s1. The summed E-state index contributed by atoms with van der Waals surface area (Å²) in [6.07, 6.45) is 0. The number of hydrogen-bond acceptors (Lipinski definition) is 3. The molecule has 1 saturated heterocycles. The molecule has 0 bridgehead atoms. The van der Waals surface area contributed by atoms with Crippen LogP contribution in [0.1, 0.15) is 17.0 Å². The van der Waals surface area contributed by atoms with Crippen molar-refractivity contribution in [2.24, 2.45) is 5.92 Å². The summed E-state index contributed by atoms with van der Waals surface area (Å²) in [4.78, 5) is 11.6. The zero-order chi connectivity index (χ0) is 11.5. The molecule has 1 aliphatic rings. The Hall–Kier alpha value is -1.35. The lowest BCUT2D eigenvalue weighted by molar-refractivity contribution is -0.145. The van der Waals surface area contributed by atoms with Gasteiger partial charge in [-0.1, -0.05) is 29.8 Å². The number of aryl methyl sites for hydroxylation is 1. The molecule has 0 radical (unpaired) electrons. The molecule has 2 rings (SSSR count). The van der Waals surface area contributed by atoms with E-state index >= 15 is 0 Å². The Morgan fingerprint density at radius 1 is 1.31 bits per heavy atom. The summed E-state index contributed by atoms with van der Waals surface area (Å²) in [7, 11) is 1.45. The van der Waals surface area contributed by atoms with Crippen molar-refractivity contribution >= 4 is 5.97 Å². The van der Waals surface area contributed by atoms with Crippen LogP contribution in [-0.2, 0) is 9.53 Å². The summed E-state index contributed by atoms with van der Waals surface area (Å²) in [6.45, 7) is 3.63. The fourth-order valence-electron chi connectivity index (χ4n) is 2.24. The molecule has 1 fully saturated rings. The van der Waals surface area contributed by atoms with Crippen molar-refractivity contribution in [1.29, 1.82) is 0 Å². The fraction of sp³-hybridized carbons (Fsp3) is 0.462. The highest BCUT2D eigenvalue weighted by Gasteiger charge is 2.34. The number of esters is 1. The average molecular weight is 219 g/mol. The smallest absolute Gasteiger partial charge is 0.310 e. The van der Waals surface area contributed by atoms with E-state index in [4.69, 9.17) is 4.74 Å². The maximum absolute atomic E-state index is 11.6. The summed E-state index contributed by atoms with van der Waals surface area (Å²) in [5.74, 6) is 0.0799. The van der Waals surface area contributed by atoms with Crippen molar-refractivity contribution in [1.82, 2.24) is 5.32 Å². The van der Waals surface area contributed by atoms with Gasteiger partial charge in [0.25, 0.3) is 0 Å². The summed E-state index contributed by atoms with van der Waals surface area (Å²) < 4.78 is 4.83. The van der Waals surface area contributed by atoms with Gasteiger partial charge in [-0.05, 0) is 12.5 Å². The molecule has 0 saturated carbocycles. The predicted octanol–water partition coefficient (Wildman–Crippen LogP) is 1.47. The molecule has 0 aromatic heterocycles. The van der Waals surface area contributed by atoms with Crippen LogP contribution in [0.15, 0.2) is 24.3 Å². The number of rotatable bonds is 2. The Kier molecular flexibility index (Phi) is 3.25. The van der Waals surface area contributed by atoms with Crippen LogP contribution in [0.25, 0.3) is 0 Å². The quantitative estimate of drug-likeness (QED) is 0.765. The van der Waals surface area contributed by atoms with Gasteiger partial charge in [-0.25, -0.2) is 0 Å². The highest BCUT2D eigenvalue weighted by molar-refractivity contribution is 5.74. The largest absolute Gasteiger partial charge is 0.469 e. The highest BCUT2D eigenvalue weighted by Crippen LogP contribution is 2.29. The van der Waals surface area contributed by atoms with Gasteiger partial charge in [0, 0.05) is 19.0 Å². The molecule has 1 heterocycles. The molecule has 0 amide bonds. The molecule has 0 aliphatic carbocycles. The van der Waals surface area contributed by atoms with E-state index in [1.807, 2.05) is 0 Å². The van der Waals surface area contributed by atoms with E-state index in [0.29, 0.717) is 6.54 Å². The molecule has 3 nitrogen and oxygen atoms in total. The number of ether oxygens (including phenoxy) is 1. The van der Waals surface area contributed by atoms with E-state index in [-0.39, 0.29) is 17.8 Å². The van der Waals surface area contributed by atoms with Crippen LogP contribution in [-0.4, -0.2) is 26.2 Å². The van der Waals surface area contributed by atoms with E-state index in [9.17, 15) is 4.79 Å². The average Bonchev–Trinajstić information content (AvgIpc) is 2.78. The zero-order valence-corrected chi connectivity index (χ0v) is 9.69. The van der Waals surface area contributed by atoms with Gasteiger partial charge in [0.15, 0.2) is 0 Å². The van der Waals surface area contributed by atoms with Gasteiger partial charge >= 0.3 is 5.97 Å². The predicted molar refractivity (Wildman–Crippen MR) is 62.3 cm³/mol. The number of carbonyl (C=O) groups is 1. The van der Waals surface area contributed by atoms with Gasteiger partial charge in [0.1, 0.15) is 0 Å². The first-order valence-electron chi connectivity index (χ1n) is 5.57. The second-order valence-electron chi connectivity index (χ2n) is 4.31. The molecule has 0 spiro atoms. The van der Waals surface area contributed by atoms with Crippen molar-refractivity contribution in [3.8, 4) is 0 Å². The third-order valence-electron chi connectivity index (χ3n) is 3.22. The number of hydrogen-bond donors (Lipinski definition) is 1.